The molecule has 0 radical (unpaired) electrons. The van der Waals surface area contributed by atoms with Crippen molar-refractivity contribution in [1.29, 1.82) is 0 Å². The maximum absolute atomic E-state index is 12.7. The van der Waals surface area contributed by atoms with Gasteiger partial charge in [-0.2, -0.15) is 0 Å². The number of hydrogen-bond donors (Lipinski definition) is 0. The SMILES string of the molecule is Cc1cc(C(=O)N2CCC[C@H](c3nnc(CN4CCCC4)n3C)C2)no1. The summed E-state index contributed by atoms with van der Waals surface area (Å²) in [5.74, 6) is 2.80. The van der Waals surface area contributed by atoms with Crippen LogP contribution in [0.2, 0.25) is 0 Å². The summed E-state index contributed by atoms with van der Waals surface area (Å²) in [7, 11) is 2.04. The first-order valence-electron chi connectivity index (χ1n) is 9.45. The predicted molar refractivity (Wildman–Crippen MR) is 94.6 cm³/mol. The first-order valence-corrected chi connectivity index (χ1v) is 9.45. The highest BCUT2D eigenvalue weighted by molar-refractivity contribution is 5.92. The molecule has 8 heteroatoms. The molecule has 2 aliphatic rings. The van der Waals surface area contributed by atoms with Gasteiger partial charge in [-0.1, -0.05) is 5.16 Å². The molecule has 0 saturated carbocycles. The largest absolute Gasteiger partial charge is 0.361 e. The Labute approximate surface area is 153 Å². The third-order valence-electron chi connectivity index (χ3n) is 5.48. The highest BCUT2D eigenvalue weighted by Gasteiger charge is 2.30. The molecular weight excluding hydrogens is 332 g/mol. The summed E-state index contributed by atoms with van der Waals surface area (Å²) in [5.41, 5.74) is 0.385. The number of hydrogen-bond acceptors (Lipinski definition) is 6. The molecule has 26 heavy (non-hydrogen) atoms. The number of nitrogens with zero attached hydrogens (tertiary/aromatic N) is 6. The van der Waals surface area contributed by atoms with E-state index in [4.69, 9.17) is 4.52 Å². The monoisotopic (exact) mass is 358 g/mol. The summed E-state index contributed by atoms with van der Waals surface area (Å²) >= 11 is 0. The van der Waals surface area contributed by atoms with Crippen molar-refractivity contribution in [1.82, 2.24) is 29.7 Å². The van der Waals surface area contributed by atoms with E-state index in [0.29, 0.717) is 18.0 Å². The second kappa shape index (κ2) is 7.19. The third kappa shape index (κ3) is 3.38. The third-order valence-corrected chi connectivity index (χ3v) is 5.48. The number of carbonyl (C=O) groups excluding carboxylic acids is 1. The lowest BCUT2D eigenvalue weighted by atomic mass is 9.97. The van der Waals surface area contributed by atoms with Gasteiger partial charge in [-0.3, -0.25) is 9.69 Å². The van der Waals surface area contributed by atoms with Crippen molar-refractivity contribution in [2.24, 2.45) is 7.05 Å². The van der Waals surface area contributed by atoms with Gasteiger partial charge >= 0.3 is 0 Å². The number of rotatable bonds is 4. The lowest BCUT2D eigenvalue weighted by Gasteiger charge is -2.31. The van der Waals surface area contributed by atoms with Crippen LogP contribution in [0.1, 0.15) is 59.5 Å². The van der Waals surface area contributed by atoms with Crippen LogP contribution in [0.5, 0.6) is 0 Å². The van der Waals surface area contributed by atoms with Crippen molar-refractivity contribution >= 4 is 5.91 Å². The summed E-state index contributed by atoms with van der Waals surface area (Å²) in [6.45, 7) is 6.34. The summed E-state index contributed by atoms with van der Waals surface area (Å²) in [4.78, 5) is 17.0. The first kappa shape index (κ1) is 17.2. The van der Waals surface area contributed by atoms with Gasteiger partial charge in [-0.25, -0.2) is 0 Å². The average Bonchev–Trinajstić information content (AvgIpc) is 3.38. The summed E-state index contributed by atoms with van der Waals surface area (Å²) in [5, 5.41) is 12.8. The summed E-state index contributed by atoms with van der Waals surface area (Å²) < 4.78 is 7.17. The Morgan fingerprint density at radius 1 is 1.23 bits per heavy atom. The molecule has 140 valence electrons. The molecule has 0 aromatic carbocycles. The Hall–Kier alpha value is -2.22. The lowest BCUT2D eigenvalue weighted by Crippen LogP contribution is -2.40. The van der Waals surface area contributed by atoms with Crippen molar-refractivity contribution in [3.63, 3.8) is 0 Å². The molecule has 8 nitrogen and oxygen atoms in total. The molecule has 0 bridgehead atoms. The van der Waals surface area contributed by atoms with Crippen LogP contribution in [-0.4, -0.2) is 61.8 Å². The van der Waals surface area contributed by atoms with E-state index in [1.165, 1.54) is 12.8 Å². The molecule has 2 fully saturated rings. The van der Waals surface area contributed by atoms with E-state index in [-0.39, 0.29) is 11.8 Å². The second-order valence-corrected chi connectivity index (χ2v) is 7.43. The first-order chi connectivity index (χ1) is 12.6. The molecule has 4 heterocycles. The molecule has 0 spiro atoms. The van der Waals surface area contributed by atoms with Crippen molar-refractivity contribution in [2.75, 3.05) is 26.2 Å². The van der Waals surface area contributed by atoms with Crippen LogP contribution in [0.25, 0.3) is 0 Å². The van der Waals surface area contributed by atoms with E-state index in [0.717, 1.165) is 50.7 Å². The molecule has 2 aromatic rings. The fraction of sp³-hybridized carbons (Fsp3) is 0.667. The number of aromatic nitrogens is 4. The number of likely N-dealkylation sites (tertiary alicyclic amines) is 2. The maximum Gasteiger partial charge on any atom is 0.276 e. The van der Waals surface area contributed by atoms with Crippen LogP contribution in [0, 0.1) is 6.92 Å². The van der Waals surface area contributed by atoms with Gasteiger partial charge in [0.05, 0.1) is 6.54 Å². The summed E-state index contributed by atoms with van der Waals surface area (Å²) in [6, 6.07) is 1.70. The van der Waals surface area contributed by atoms with Crippen molar-refractivity contribution in [3.8, 4) is 0 Å². The topological polar surface area (TPSA) is 80.3 Å². The smallest absolute Gasteiger partial charge is 0.276 e. The quantitative estimate of drug-likeness (QED) is 0.828. The van der Waals surface area contributed by atoms with Gasteiger partial charge < -0.3 is 14.0 Å². The molecule has 0 unspecified atom stereocenters. The van der Waals surface area contributed by atoms with Gasteiger partial charge in [0.1, 0.15) is 17.4 Å². The normalized spacial score (nSPS) is 21.5. The van der Waals surface area contributed by atoms with Gasteiger partial charge in [0, 0.05) is 32.1 Å². The standard InChI is InChI=1S/C18H26N6O2/c1-13-10-15(21-26-13)18(25)24-9-5-6-14(11-24)17-20-19-16(22(17)2)12-23-7-3-4-8-23/h10,14H,3-9,11-12H2,1-2H3/t14-/m0/s1. The number of carbonyl (C=O) groups is 1. The minimum Gasteiger partial charge on any atom is -0.361 e. The van der Waals surface area contributed by atoms with Crippen LogP contribution in [-0.2, 0) is 13.6 Å². The van der Waals surface area contributed by atoms with Crippen LogP contribution in [0.15, 0.2) is 10.6 Å². The molecule has 2 saturated heterocycles. The van der Waals surface area contributed by atoms with Gasteiger partial charge in [-0.15, -0.1) is 10.2 Å². The van der Waals surface area contributed by atoms with E-state index >= 15 is 0 Å². The molecule has 0 N–H and O–H groups in total. The van der Waals surface area contributed by atoms with Crippen LogP contribution >= 0.6 is 0 Å². The minimum absolute atomic E-state index is 0.0639. The van der Waals surface area contributed by atoms with E-state index in [2.05, 4.69) is 24.8 Å². The van der Waals surface area contributed by atoms with Gasteiger partial charge in [0.2, 0.25) is 0 Å². The summed E-state index contributed by atoms with van der Waals surface area (Å²) in [6.07, 6.45) is 4.52. The predicted octanol–water partition coefficient (Wildman–Crippen LogP) is 1.73. The van der Waals surface area contributed by atoms with E-state index in [1.54, 1.807) is 13.0 Å². The highest BCUT2D eigenvalue weighted by Crippen LogP contribution is 2.27. The minimum atomic E-state index is -0.0639. The van der Waals surface area contributed by atoms with Gasteiger partial charge in [-0.05, 0) is 45.7 Å². The van der Waals surface area contributed by atoms with Crippen LogP contribution < -0.4 is 0 Å². The van der Waals surface area contributed by atoms with E-state index < -0.39 is 0 Å². The van der Waals surface area contributed by atoms with Gasteiger partial charge in [0.15, 0.2) is 5.69 Å². The zero-order chi connectivity index (χ0) is 18.1. The molecule has 2 aliphatic heterocycles. The van der Waals surface area contributed by atoms with Crippen molar-refractivity contribution in [2.45, 2.75) is 45.1 Å². The van der Waals surface area contributed by atoms with Gasteiger partial charge in [0.25, 0.3) is 5.91 Å². The van der Waals surface area contributed by atoms with Crippen LogP contribution in [0.3, 0.4) is 0 Å². The molecular formula is C18H26N6O2. The highest BCUT2D eigenvalue weighted by atomic mass is 16.5. The Morgan fingerprint density at radius 2 is 2.04 bits per heavy atom. The fourth-order valence-electron chi connectivity index (χ4n) is 4.01. The Balaban J connectivity index is 1.46. The zero-order valence-corrected chi connectivity index (χ0v) is 15.5. The number of aryl methyl sites for hydroxylation is 1. The molecule has 0 aliphatic carbocycles. The fourth-order valence-corrected chi connectivity index (χ4v) is 4.01. The Bertz CT molecular complexity index is 776. The Morgan fingerprint density at radius 3 is 2.77 bits per heavy atom. The lowest BCUT2D eigenvalue weighted by molar-refractivity contribution is 0.0693. The van der Waals surface area contributed by atoms with E-state index in [1.807, 2.05) is 11.9 Å². The molecule has 1 amide bonds. The molecule has 1 atom stereocenters. The number of amides is 1. The van der Waals surface area contributed by atoms with E-state index in [9.17, 15) is 4.79 Å². The Kier molecular flexibility index (Phi) is 4.76. The molecule has 4 rings (SSSR count). The number of piperidine rings is 1. The zero-order valence-electron chi connectivity index (χ0n) is 15.5. The second-order valence-electron chi connectivity index (χ2n) is 7.43. The maximum atomic E-state index is 12.7. The van der Waals surface area contributed by atoms with Crippen molar-refractivity contribution in [3.05, 3.63) is 29.2 Å². The van der Waals surface area contributed by atoms with Crippen molar-refractivity contribution < 1.29 is 9.32 Å². The molecule has 2 aromatic heterocycles. The van der Waals surface area contributed by atoms with Crippen LogP contribution in [0.4, 0.5) is 0 Å². The average molecular weight is 358 g/mol.